The molecular formula is C18H11BrFIN2O3S. The van der Waals surface area contributed by atoms with E-state index in [0.717, 1.165) is 8.47 Å². The molecule has 1 heterocycles. The average molecular weight is 561 g/mol. The molecule has 0 atom stereocenters. The van der Waals surface area contributed by atoms with E-state index in [1.807, 2.05) is 0 Å². The SMILES string of the molecule is COc1c(Br)cc(/C=C2\C(=O)NC(=S)N(c3ccccc3F)C2=O)cc1I. The molecule has 138 valence electrons. The topological polar surface area (TPSA) is 58.6 Å². The predicted octanol–water partition coefficient (Wildman–Crippen LogP) is 4.03. The van der Waals surface area contributed by atoms with Gasteiger partial charge in [-0.2, -0.15) is 0 Å². The number of para-hydroxylation sites is 1. The quantitative estimate of drug-likeness (QED) is 0.266. The molecule has 9 heteroatoms. The van der Waals surface area contributed by atoms with Crippen LogP contribution in [-0.4, -0.2) is 24.0 Å². The van der Waals surface area contributed by atoms with E-state index in [1.54, 1.807) is 25.3 Å². The van der Waals surface area contributed by atoms with E-state index in [2.05, 4.69) is 43.8 Å². The van der Waals surface area contributed by atoms with Crippen molar-refractivity contribution in [3.63, 3.8) is 0 Å². The van der Waals surface area contributed by atoms with Crippen LogP contribution in [0, 0.1) is 9.39 Å². The number of benzene rings is 2. The van der Waals surface area contributed by atoms with Crippen LogP contribution in [0.3, 0.4) is 0 Å². The van der Waals surface area contributed by atoms with Crippen LogP contribution in [0.1, 0.15) is 5.56 Å². The molecule has 0 aromatic heterocycles. The largest absolute Gasteiger partial charge is 0.494 e. The second-order valence-corrected chi connectivity index (χ2v) is 7.83. The molecule has 27 heavy (non-hydrogen) atoms. The van der Waals surface area contributed by atoms with Gasteiger partial charge in [0.25, 0.3) is 11.8 Å². The minimum Gasteiger partial charge on any atom is -0.494 e. The molecule has 0 radical (unpaired) electrons. The van der Waals surface area contributed by atoms with Gasteiger partial charge in [0.05, 0.1) is 20.8 Å². The first-order chi connectivity index (χ1) is 12.8. The molecule has 2 amide bonds. The maximum atomic E-state index is 14.2. The molecule has 1 N–H and O–H groups in total. The second kappa shape index (κ2) is 8.03. The molecule has 1 saturated heterocycles. The fraction of sp³-hybridized carbons (Fsp3) is 0.0556. The number of ether oxygens (including phenoxy) is 1. The van der Waals surface area contributed by atoms with Crippen LogP contribution in [0.25, 0.3) is 6.08 Å². The number of rotatable bonds is 3. The van der Waals surface area contributed by atoms with Gasteiger partial charge in [0.1, 0.15) is 17.1 Å². The summed E-state index contributed by atoms with van der Waals surface area (Å²) in [5, 5.41) is 2.26. The summed E-state index contributed by atoms with van der Waals surface area (Å²) < 4.78 is 20.9. The summed E-state index contributed by atoms with van der Waals surface area (Å²) in [5.74, 6) is -1.31. The zero-order chi connectivity index (χ0) is 19.7. The first-order valence-corrected chi connectivity index (χ1v) is 9.80. The third kappa shape index (κ3) is 3.90. The average Bonchev–Trinajstić information content (AvgIpc) is 2.60. The molecule has 0 saturated carbocycles. The standard InChI is InChI=1S/C18H11BrFIN2O3S/c1-26-15-11(19)7-9(8-13(15)21)6-10-16(24)22-18(27)23(17(10)25)14-5-3-2-4-12(14)20/h2-8H,1H3,(H,22,24,27)/b10-6+. The van der Waals surface area contributed by atoms with Gasteiger partial charge >= 0.3 is 0 Å². The summed E-state index contributed by atoms with van der Waals surface area (Å²) >= 11 is 10.6. The van der Waals surface area contributed by atoms with E-state index < -0.39 is 17.6 Å². The van der Waals surface area contributed by atoms with Crippen molar-refractivity contribution in [3.8, 4) is 5.75 Å². The minimum atomic E-state index is -0.698. The molecule has 2 aromatic carbocycles. The number of carbonyl (C=O) groups excluding carboxylic acids is 2. The number of hydrogen-bond donors (Lipinski definition) is 1. The minimum absolute atomic E-state index is 0.0242. The van der Waals surface area contributed by atoms with Crippen molar-refractivity contribution in [2.24, 2.45) is 0 Å². The molecule has 0 bridgehead atoms. The van der Waals surface area contributed by atoms with Gasteiger partial charge in [0.2, 0.25) is 0 Å². The van der Waals surface area contributed by atoms with Crippen molar-refractivity contribution < 1.29 is 18.7 Å². The number of nitrogens with zero attached hydrogens (tertiary/aromatic N) is 1. The Morgan fingerprint density at radius 1 is 1.30 bits per heavy atom. The highest BCUT2D eigenvalue weighted by molar-refractivity contribution is 14.1. The maximum Gasteiger partial charge on any atom is 0.270 e. The molecule has 1 aliphatic heterocycles. The highest BCUT2D eigenvalue weighted by Crippen LogP contribution is 2.33. The van der Waals surface area contributed by atoms with Crippen LogP contribution in [0.15, 0.2) is 46.4 Å². The summed E-state index contributed by atoms with van der Waals surface area (Å²) in [4.78, 5) is 26.2. The van der Waals surface area contributed by atoms with E-state index in [9.17, 15) is 14.0 Å². The van der Waals surface area contributed by atoms with Gasteiger partial charge in [-0.3, -0.25) is 14.9 Å². The zero-order valence-electron chi connectivity index (χ0n) is 13.8. The Kier molecular flexibility index (Phi) is 5.92. The lowest BCUT2D eigenvalue weighted by molar-refractivity contribution is -0.122. The van der Waals surface area contributed by atoms with Crippen molar-refractivity contribution in [1.82, 2.24) is 5.32 Å². The van der Waals surface area contributed by atoms with E-state index in [-0.39, 0.29) is 16.4 Å². The normalized spacial score (nSPS) is 15.9. The van der Waals surface area contributed by atoms with Crippen molar-refractivity contribution in [1.29, 1.82) is 0 Å². The molecule has 1 aliphatic rings. The van der Waals surface area contributed by atoms with Gasteiger partial charge in [-0.05, 0) is 86.6 Å². The smallest absolute Gasteiger partial charge is 0.270 e. The van der Waals surface area contributed by atoms with Gasteiger partial charge in [-0.15, -0.1) is 0 Å². The van der Waals surface area contributed by atoms with Crippen molar-refractivity contribution in [2.45, 2.75) is 0 Å². The van der Waals surface area contributed by atoms with Crippen molar-refractivity contribution in [3.05, 3.63) is 61.4 Å². The Labute approximate surface area is 181 Å². The summed E-state index contributed by atoms with van der Waals surface area (Å²) in [5.41, 5.74) is 0.426. The molecule has 2 aromatic rings. The monoisotopic (exact) mass is 560 g/mol. The third-order valence-corrected chi connectivity index (χ3v) is 5.41. The highest BCUT2D eigenvalue weighted by Gasteiger charge is 2.35. The lowest BCUT2D eigenvalue weighted by Gasteiger charge is -2.29. The molecule has 5 nitrogen and oxygen atoms in total. The maximum absolute atomic E-state index is 14.2. The van der Waals surface area contributed by atoms with Crippen LogP contribution < -0.4 is 15.0 Å². The van der Waals surface area contributed by atoms with Crippen LogP contribution in [0.2, 0.25) is 0 Å². The third-order valence-electron chi connectivity index (χ3n) is 3.73. The number of anilines is 1. The van der Waals surface area contributed by atoms with Gasteiger partial charge in [0, 0.05) is 0 Å². The van der Waals surface area contributed by atoms with Crippen LogP contribution in [-0.2, 0) is 9.59 Å². The Hall–Kier alpha value is -1.85. The summed E-state index contributed by atoms with van der Waals surface area (Å²) in [7, 11) is 1.55. The van der Waals surface area contributed by atoms with Gasteiger partial charge in [-0.25, -0.2) is 9.29 Å². The lowest BCUT2D eigenvalue weighted by atomic mass is 10.1. The van der Waals surface area contributed by atoms with Crippen LogP contribution in [0.5, 0.6) is 5.75 Å². The van der Waals surface area contributed by atoms with E-state index in [1.165, 1.54) is 24.3 Å². The first kappa shape index (κ1) is 19.9. The highest BCUT2D eigenvalue weighted by atomic mass is 127. The van der Waals surface area contributed by atoms with Gasteiger partial charge in [0.15, 0.2) is 5.11 Å². The summed E-state index contributed by atoms with van der Waals surface area (Å²) in [6.45, 7) is 0. The summed E-state index contributed by atoms with van der Waals surface area (Å²) in [6, 6.07) is 9.20. The molecular weight excluding hydrogens is 550 g/mol. The number of hydrogen-bond acceptors (Lipinski definition) is 4. The van der Waals surface area contributed by atoms with Crippen molar-refractivity contribution in [2.75, 3.05) is 12.0 Å². The fourth-order valence-electron chi connectivity index (χ4n) is 2.53. The van der Waals surface area contributed by atoms with E-state index in [0.29, 0.717) is 15.8 Å². The number of amides is 2. The molecule has 0 spiro atoms. The number of thiocarbonyl (C=S) groups is 1. The Morgan fingerprint density at radius 2 is 2.00 bits per heavy atom. The first-order valence-electron chi connectivity index (χ1n) is 7.52. The predicted molar refractivity (Wildman–Crippen MR) is 116 cm³/mol. The number of carbonyl (C=O) groups is 2. The lowest BCUT2D eigenvalue weighted by Crippen LogP contribution is -2.54. The number of methoxy groups -OCH3 is 1. The zero-order valence-corrected chi connectivity index (χ0v) is 18.3. The number of halogens is 3. The van der Waals surface area contributed by atoms with Gasteiger partial charge < -0.3 is 4.74 Å². The fourth-order valence-corrected chi connectivity index (χ4v) is 4.69. The molecule has 1 fully saturated rings. The van der Waals surface area contributed by atoms with E-state index >= 15 is 0 Å². The van der Waals surface area contributed by atoms with Crippen molar-refractivity contribution >= 4 is 79.4 Å². The number of nitrogens with one attached hydrogen (secondary N) is 1. The Morgan fingerprint density at radius 3 is 2.63 bits per heavy atom. The van der Waals surface area contributed by atoms with Crippen LogP contribution in [0.4, 0.5) is 10.1 Å². The Balaban J connectivity index is 2.06. The van der Waals surface area contributed by atoms with E-state index in [4.69, 9.17) is 17.0 Å². The van der Waals surface area contributed by atoms with Crippen LogP contribution >= 0.6 is 50.7 Å². The van der Waals surface area contributed by atoms with Gasteiger partial charge in [-0.1, -0.05) is 12.1 Å². The summed E-state index contributed by atoms with van der Waals surface area (Å²) in [6.07, 6.45) is 1.43. The molecule has 0 unspecified atom stereocenters. The molecule has 3 rings (SSSR count). The molecule has 0 aliphatic carbocycles. The Bertz CT molecular complexity index is 989. The second-order valence-electron chi connectivity index (χ2n) is 5.43.